The highest BCUT2D eigenvalue weighted by atomic mass is 19.1. The molecule has 1 aliphatic heterocycles. The van der Waals surface area contributed by atoms with Gasteiger partial charge >= 0.3 is 0 Å². The fraction of sp³-hybridized carbons (Fsp3) is 0.500. The Morgan fingerprint density at radius 2 is 2.12 bits per heavy atom. The Bertz CT molecular complexity index is 393. The molecular formula is C12H17FN2O. The molecular weight excluding hydrogens is 207 g/mol. The normalized spacial score (nSPS) is 18.7. The number of fused-ring (bicyclic) bond motifs is 1. The quantitative estimate of drug-likeness (QED) is 0.810. The molecule has 1 aliphatic rings. The minimum absolute atomic E-state index is 0.275. The lowest BCUT2D eigenvalue weighted by Gasteiger charge is -2.31. The zero-order chi connectivity index (χ0) is 11.7. The molecule has 1 aromatic carbocycles. The average molecular weight is 224 g/mol. The standard InChI is InChI=1S/C12H17FN2O/c1-7(2)11-6-14-9-4-8(13)12(16-3)5-10(9)15-11/h4-5,7,11,14-15H,6H2,1-3H3. The Labute approximate surface area is 95.0 Å². The predicted molar refractivity (Wildman–Crippen MR) is 63.7 cm³/mol. The van der Waals surface area contributed by atoms with Crippen LogP contribution in [0.4, 0.5) is 15.8 Å². The second-order valence-corrected chi connectivity index (χ2v) is 4.41. The van der Waals surface area contributed by atoms with Crippen LogP contribution in [0.5, 0.6) is 5.75 Å². The summed E-state index contributed by atoms with van der Waals surface area (Å²) < 4.78 is 18.4. The van der Waals surface area contributed by atoms with Crippen LogP contribution < -0.4 is 15.4 Å². The van der Waals surface area contributed by atoms with Crippen molar-refractivity contribution in [3.63, 3.8) is 0 Å². The van der Waals surface area contributed by atoms with E-state index in [2.05, 4.69) is 24.5 Å². The summed E-state index contributed by atoms with van der Waals surface area (Å²) in [5.41, 5.74) is 1.71. The maximum atomic E-state index is 13.4. The number of methoxy groups -OCH3 is 1. The van der Waals surface area contributed by atoms with Crippen LogP contribution in [0.15, 0.2) is 12.1 Å². The van der Waals surface area contributed by atoms with Crippen molar-refractivity contribution in [2.24, 2.45) is 5.92 Å². The van der Waals surface area contributed by atoms with Crippen molar-refractivity contribution in [2.75, 3.05) is 24.3 Å². The molecule has 2 N–H and O–H groups in total. The van der Waals surface area contributed by atoms with Crippen LogP contribution >= 0.6 is 0 Å². The van der Waals surface area contributed by atoms with Crippen molar-refractivity contribution in [2.45, 2.75) is 19.9 Å². The van der Waals surface area contributed by atoms with Gasteiger partial charge in [0.05, 0.1) is 18.5 Å². The number of benzene rings is 1. The van der Waals surface area contributed by atoms with Gasteiger partial charge in [-0.15, -0.1) is 0 Å². The number of hydrogen-bond donors (Lipinski definition) is 2. The molecule has 3 nitrogen and oxygen atoms in total. The van der Waals surface area contributed by atoms with Crippen LogP contribution in [-0.2, 0) is 0 Å². The molecule has 0 fully saturated rings. The van der Waals surface area contributed by atoms with Crippen molar-refractivity contribution in [1.82, 2.24) is 0 Å². The van der Waals surface area contributed by atoms with Gasteiger partial charge in [-0.1, -0.05) is 13.8 Å². The SMILES string of the molecule is COc1cc2c(cc1F)NCC(C(C)C)N2. The molecule has 88 valence electrons. The second kappa shape index (κ2) is 4.20. The summed E-state index contributed by atoms with van der Waals surface area (Å²) >= 11 is 0. The first-order chi connectivity index (χ1) is 7.61. The highest BCUT2D eigenvalue weighted by Gasteiger charge is 2.21. The van der Waals surface area contributed by atoms with Crippen LogP contribution in [0.2, 0.25) is 0 Å². The van der Waals surface area contributed by atoms with Crippen LogP contribution in [0.1, 0.15) is 13.8 Å². The number of anilines is 2. The minimum Gasteiger partial charge on any atom is -0.494 e. The molecule has 0 saturated heterocycles. The van der Waals surface area contributed by atoms with Gasteiger partial charge in [-0.25, -0.2) is 4.39 Å². The summed E-state index contributed by atoms with van der Waals surface area (Å²) in [4.78, 5) is 0. The van der Waals surface area contributed by atoms with Crippen molar-refractivity contribution < 1.29 is 9.13 Å². The van der Waals surface area contributed by atoms with Crippen molar-refractivity contribution >= 4 is 11.4 Å². The Balaban J connectivity index is 2.30. The molecule has 0 spiro atoms. The summed E-state index contributed by atoms with van der Waals surface area (Å²) in [6.07, 6.45) is 0. The molecule has 1 unspecified atom stereocenters. The number of halogens is 1. The van der Waals surface area contributed by atoms with Gasteiger partial charge in [-0.05, 0) is 5.92 Å². The molecule has 4 heteroatoms. The lowest BCUT2D eigenvalue weighted by Crippen LogP contribution is -2.37. The highest BCUT2D eigenvalue weighted by Crippen LogP contribution is 2.33. The lowest BCUT2D eigenvalue weighted by molar-refractivity contribution is 0.386. The van der Waals surface area contributed by atoms with E-state index in [9.17, 15) is 4.39 Å². The van der Waals surface area contributed by atoms with E-state index < -0.39 is 0 Å². The van der Waals surface area contributed by atoms with Crippen LogP contribution in [0.25, 0.3) is 0 Å². The molecule has 16 heavy (non-hydrogen) atoms. The van der Waals surface area contributed by atoms with E-state index >= 15 is 0 Å². The van der Waals surface area contributed by atoms with Gasteiger partial charge in [0.1, 0.15) is 0 Å². The summed E-state index contributed by atoms with van der Waals surface area (Å²) in [6.45, 7) is 5.13. The number of hydrogen-bond acceptors (Lipinski definition) is 3. The van der Waals surface area contributed by atoms with E-state index in [1.54, 1.807) is 6.07 Å². The third kappa shape index (κ3) is 1.92. The van der Waals surface area contributed by atoms with E-state index in [0.717, 1.165) is 17.9 Å². The molecule has 0 aliphatic carbocycles. The van der Waals surface area contributed by atoms with Crippen LogP contribution in [0.3, 0.4) is 0 Å². The minimum atomic E-state index is -0.335. The second-order valence-electron chi connectivity index (χ2n) is 4.41. The Morgan fingerprint density at radius 1 is 1.38 bits per heavy atom. The summed E-state index contributed by atoms with van der Waals surface area (Å²) in [5, 5.41) is 6.62. The van der Waals surface area contributed by atoms with Gasteiger partial charge in [0.15, 0.2) is 11.6 Å². The van der Waals surface area contributed by atoms with Gasteiger partial charge in [0.25, 0.3) is 0 Å². The summed E-state index contributed by atoms with van der Waals surface area (Å²) in [7, 11) is 1.47. The highest BCUT2D eigenvalue weighted by molar-refractivity contribution is 5.73. The number of ether oxygens (including phenoxy) is 1. The first-order valence-corrected chi connectivity index (χ1v) is 5.49. The maximum Gasteiger partial charge on any atom is 0.167 e. The van der Waals surface area contributed by atoms with Crippen molar-refractivity contribution in [3.05, 3.63) is 17.9 Å². The van der Waals surface area contributed by atoms with Crippen molar-refractivity contribution in [1.29, 1.82) is 0 Å². The Hall–Kier alpha value is -1.45. The summed E-state index contributed by atoms with van der Waals surface area (Å²) in [6, 6.07) is 3.53. The fourth-order valence-corrected chi connectivity index (χ4v) is 1.85. The zero-order valence-electron chi connectivity index (χ0n) is 9.80. The van der Waals surface area contributed by atoms with E-state index in [0.29, 0.717) is 12.0 Å². The van der Waals surface area contributed by atoms with Gasteiger partial charge in [-0.2, -0.15) is 0 Å². The predicted octanol–water partition coefficient (Wildman–Crippen LogP) is 2.70. The molecule has 0 bridgehead atoms. The molecule has 0 radical (unpaired) electrons. The molecule has 0 amide bonds. The fourth-order valence-electron chi connectivity index (χ4n) is 1.85. The van der Waals surface area contributed by atoms with Crippen LogP contribution in [0, 0.1) is 11.7 Å². The van der Waals surface area contributed by atoms with E-state index in [-0.39, 0.29) is 11.6 Å². The van der Waals surface area contributed by atoms with E-state index in [1.165, 1.54) is 13.2 Å². The smallest absolute Gasteiger partial charge is 0.167 e. The average Bonchev–Trinajstić information content (AvgIpc) is 2.27. The van der Waals surface area contributed by atoms with Crippen molar-refractivity contribution in [3.8, 4) is 5.75 Å². The van der Waals surface area contributed by atoms with Crippen LogP contribution in [-0.4, -0.2) is 19.7 Å². The van der Waals surface area contributed by atoms with E-state index in [4.69, 9.17) is 4.74 Å². The van der Waals surface area contributed by atoms with Gasteiger partial charge in [0.2, 0.25) is 0 Å². The van der Waals surface area contributed by atoms with Gasteiger partial charge in [0, 0.05) is 24.7 Å². The molecule has 2 rings (SSSR count). The molecule has 1 aromatic rings. The molecule has 0 aromatic heterocycles. The van der Waals surface area contributed by atoms with Gasteiger partial charge in [-0.3, -0.25) is 0 Å². The third-order valence-electron chi connectivity index (χ3n) is 2.95. The lowest BCUT2D eigenvalue weighted by atomic mass is 10.0. The topological polar surface area (TPSA) is 33.3 Å². The Morgan fingerprint density at radius 3 is 2.75 bits per heavy atom. The van der Waals surface area contributed by atoms with Gasteiger partial charge < -0.3 is 15.4 Å². The third-order valence-corrected chi connectivity index (χ3v) is 2.95. The summed E-state index contributed by atoms with van der Waals surface area (Å²) in [5.74, 6) is 0.465. The largest absolute Gasteiger partial charge is 0.494 e. The molecule has 1 heterocycles. The zero-order valence-corrected chi connectivity index (χ0v) is 9.80. The molecule has 0 saturated carbocycles. The number of rotatable bonds is 2. The number of nitrogens with one attached hydrogen (secondary N) is 2. The first kappa shape index (κ1) is 11.0. The molecule has 1 atom stereocenters. The first-order valence-electron chi connectivity index (χ1n) is 5.49. The van der Waals surface area contributed by atoms with E-state index in [1.807, 2.05) is 0 Å². The maximum absolute atomic E-state index is 13.4. The Kier molecular flexibility index (Phi) is 2.90. The monoisotopic (exact) mass is 224 g/mol.